The molecule has 1 aliphatic rings. The van der Waals surface area contributed by atoms with Crippen LogP contribution >= 0.6 is 11.3 Å². The number of nitrogens with one attached hydrogen (secondary N) is 2. The molecular formula is C23H23N3O4S. The second-order valence-corrected chi connectivity index (χ2v) is 8.67. The summed E-state index contributed by atoms with van der Waals surface area (Å²) in [5, 5.41) is 6.34. The lowest BCUT2D eigenvalue weighted by Gasteiger charge is -2.12. The van der Waals surface area contributed by atoms with Crippen LogP contribution in [0.1, 0.15) is 44.0 Å². The molecule has 0 bridgehead atoms. The molecule has 0 radical (unpaired) electrons. The minimum atomic E-state index is -0.555. The Balaban J connectivity index is 1.42. The van der Waals surface area contributed by atoms with Gasteiger partial charge in [0, 0.05) is 23.3 Å². The number of esters is 1. The van der Waals surface area contributed by atoms with Gasteiger partial charge in [-0.1, -0.05) is 12.1 Å². The van der Waals surface area contributed by atoms with E-state index in [0.717, 1.165) is 28.3 Å². The number of rotatable bonds is 7. The second-order valence-electron chi connectivity index (χ2n) is 7.47. The maximum absolute atomic E-state index is 12.8. The predicted molar refractivity (Wildman–Crippen MR) is 119 cm³/mol. The Labute approximate surface area is 184 Å². The lowest BCUT2D eigenvalue weighted by Crippen LogP contribution is -2.28. The van der Waals surface area contributed by atoms with E-state index in [1.54, 1.807) is 24.3 Å². The number of para-hydroxylation sites is 1. The monoisotopic (exact) mass is 437 g/mol. The van der Waals surface area contributed by atoms with Crippen molar-refractivity contribution in [2.45, 2.75) is 32.7 Å². The minimum Gasteiger partial charge on any atom is -0.452 e. The molecule has 0 spiro atoms. The molecule has 1 aliphatic carbocycles. The first-order valence-corrected chi connectivity index (χ1v) is 10.9. The van der Waals surface area contributed by atoms with Crippen molar-refractivity contribution in [2.24, 2.45) is 0 Å². The molecule has 8 heteroatoms. The van der Waals surface area contributed by atoms with Crippen LogP contribution in [0.4, 0.5) is 5.69 Å². The third kappa shape index (κ3) is 4.69. The smallest absolute Gasteiger partial charge is 0.341 e. The summed E-state index contributed by atoms with van der Waals surface area (Å²) in [6.45, 7) is 3.36. The number of aromatic nitrogens is 1. The van der Waals surface area contributed by atoms with E-state index in [4.69, 9.17) is 4.74 Å². The number of aryl methyl sites for hydroxylation is 1. The molecular weight excluding hydrogens is 414 g/mol. The van der Waals surface area contributed by atoms with Gasteiger partial charge in [0.1, 0.15) is 5.00 Å². The fourth-order valence-corrected chi connectivity index (χ4v) is 4.28. The van der Waals surface area contributed by atoms with Crippen molar-refractivity contribution >= 4 is 34.8 Å². The van der Waals surface area contributed by atoms with Crippen LogP contribution in [-0.2, 0) is 9.53 Å². The highest BCUT2D eigenvalue weighted by Crippen LogP contribution is 2.31. The van der Waals surface area contributed by atoms with Gasteiger partial charge < -0.3 is 19.9 Å². The molecule has 2 N–H and O–H groups in total. The van der Waals surface area contributed by atoms with Crippen LogP contribution < -0.4 is 10.6 Å². The molecule has 0 aliphatic heterocycles. The number of carbonyl (C=O) groups is 3. The Hall–Kier alpha value is -3.39. The fourth-order valence-electron chi connectivity index (χ4n) is 3.17. The van der Waals surface area contributed by atoms with Crippen LogP contribution in [0.5, 0.6) is 0 Å². The molecule has 4 rings (SSSR count). The van der Waals surface area contributed by atoms with Crippen molar-refractivity contribution in [3.63, 3.8) is 0 Å². The van der Waals surface area contributed by atoms with Gasteiger partial charge in [0.05, 0.1) is 16.8 Å². The van der Waals surface area contributed by atoms with E-state index >= 15 is 0 Å². The van der Waals surface area contributed by atoms with Crippen molar-refractivity contribution in [1.82, 2.24) is 9.88 Å². The molecule has 2 heterocycles. The van der Waals surface area contributed by atoms with Gasteiger partial charge >= 0.3 is 5.97 Å². The third-order valence-electron chi connectivity index (χ3n) is 5.10. The summed E-state index contributed by atoms with van der Waals surface area (Å²) in [4.78, 5) is 38.6. The van der Waals surface area contributed by atoms with Crippen molar-refractivity contribution < 1.29 is 19.1 Å². The average molecular weight is 438 g/mol. The number of thiophene rings is 1. The zero-order valence-electron chi connectivity index (χ0n) is 17.3. The highest BCUT2D eigenvalue weighted by Gasteiger charge is 2.25. The van der Waals surface area contributed by atoms with Gasteiger partial charge in [0.2, 0.25) is 0 Å². The molecule has 160 valence electrons. The number of nitrogens with zero attached hydrogens (tertiary/aromatic N) is 1. The Kier molecular flexibility index (Phi) is 5.90. The van der Waals surface area contributed by atoms with Crippen molar-refractivity contribution in [1.29, 1.82) is 0 Å². The molecule has 2 amide bonds. The number of amides is 2. The van der Waals surface area contributed by atoms with Crippen molar-refractivity contribution in [3.05, 3.63) is 70.4 Å². The molecule has 31 heavy (non-hydrogen) atoms. The van der Waals surface area contributed by atoms with Crippen LogP contribution in [0, 0.1) is 13.8 Å². The molecule has 3 aromatic rings. The molecule has 1 saturated carbocycles. The zero-order chi connectivity index (χ0) is 22.0. The van der Waals surface area contributed by atoms with Gasteiger partial charge in [0.25, 0.3) is 11.8 Å². The predicted octanol–water partition coefficient (Wildman–Crippen LogP) is 3.84. The summed E-state index contributed by atoms with van der Waals surface area (Å²) < 4.78 is 7.17. The van der Waals surface area contributed by atoms with Gasteiger partial charge in [0.15, 0.2) is 6.61 Å². The normalized spacial score (nSPS) is 13.0. The Morgan fingerprint density at radius 1 is 1.10 bits per heavy atom. The number of ether oxygens (including phenoxy) is 1. The number of benzene rings is 1. The standard InChI is InChI=1S/C23H23N3O4S/c1-14-15(2)31-22(26-11-5-6-12-26)20(14)23(29)30-13-19(27)25-18-8-4-3-7-17(18)21(28)24-16-9-10-16/h3-8,11-12,16H,9-10,13H2,1-2H3,(H,24,28)(H,25,27). The van der Waals surface area contributed by atoms with E-state index in [1.165, 1.54) is 11.3 Å². The van der Waals surface area contributed by atoms with Gasteiger partial charge in [-0.25, -0.2) is 4.79 Å². The van der Waals surface area contributed by atoms with E-state index in [1.807, 2.05) is 42.9 Å². The van der Waals surface area contributed by atoms with E-state index in [0.29, 0.717) is 16.8 Å². The van der Waals surface area contributed by atoms with Crippen LogP contribution in [0.25, 0.3) is 5.00 Å². The molecule has 0 atom stereocenters. The van der Waals surface area contributed by atoms with Crippen LogP contribution in [-0.4, -0.2) is 35.0 Å². The summed E-state index contributed by atoms with van der Waals surface area (Å²) in [5.74, 6) is -1.29. The first-order chi connectivity index (χ1) is 14.9. The van der Waals surface area contributed by atoms with Gasteiger partial charge in [-0.2, -0.15) is 0 Å². The fraction of sp³-hybridized carbons (Fsp3) is 0.261. The highest BCUT2D eigenvalue weighted by atomic mass is 32.1. The lowest BCUT2D eigenvalue weighted by atomic mass is 10.1. The summed E-state index contributed by atoms with van der Waals surface area (Å²) >= 11 is 1.50. The summed E-state index contributed by atoms with van der Waals surface area (Å²) in [5.41, 5.74) is 2.06. The van der Waals surface area contributed by atoms with Crippen molar-refractivity contribution in [2.75, 3.05) is 11.9 Å². The van der Waals surface area contributed by atoms with Crippen LogP contribution in [0.15, 0.2) is 48.8 Å². The molecule has 0 saturated heterocycles. The topological polar surface area (TPSA) is 89.4 Å². The van der Waals surface area contributed by atoms with Gasteiger partial charge in [-0.15, -0.1) is 11.3 Å². The summed E-state index contributed by atoms with van der Waals surface area (Å²) in [6.07, 6.45) is 5.67. The molecule has 1 aromatic carbocycles. The maximum atomic E-state index is 12.8. The molecule has 2 aromatic heterocycles. The van der Waals surface area contributed by atoms with Gasteiger partial charge in [-0.3, -0.25) is 9.59 Å². The zero-order valence-corrected chi connectivity index (χ0v) is 18.1. The summed E-state index contributed by atoms with van der Waals surface area (Å²) in [7, 11) is 0. The SMILES string of the molecule is Cc1sc(-n2cccc2)c(C(=O)OCC(=O)Nc2ccccc2C(=O)NC2CC2)c1C. The highest BCUT2D eigenvalue weighted by molar-refractivity contribution is 7.15. The first kappa shape index (κ1) is 20.9. The molecule has 7 nitrogen and oxygen atoms in total. The number of anilines is 1. The minimum absolute atomic E-state index is 0.212. The summed E-state index contributed by atoms with van der Waals surface area (Å²) in [6, 6.07) is 10.7. The Bertz CT molecular complexity index is 1130. The number of hydrogen-bond donors (Lipinski definition) is 2. The van der Waals surface area contributed by atoms with Crippen LogP contribution in [0.2, 0.25) is 0 Å². The average Bonchev–Trinajstić information content (AvgIpc) is 3.29. The Morgan fingerprint density at radius 2 is 1.81 bits per heavy atom. The second kappa shape index (κ2) is 8.77. The quantitative estimate of drug-likeness (QED) is 0.550. The molecule has 0 unspecified atom stereocenters. The van der Waals surface area contributed by atoms with Gasteiger partial charge in [-0.05, 0) is 56.5 Å². The van der Waals surface area contributed by atoms with E-state index < -0.39 is 18.5 Å². The Morgan fingerprint density at radius 3 is 2.52 bits per heavy atom. The number of carbonyl (C=O) groups excluding carboxylic acids is 3. The van der Waals surface area contributed by atoms with Crippen LogP contribution in [0.3, 0.4) is 0 Å². The van der Waals surface area contributed by atoms with E-state index in [9.17, 15) is 14.4 Å². The largest absolute Gasteiger partial charge is 0.452 e. The third-order valence-corrected chi connectivity index (χ3v) is 6.32. The van der Waals surface area contributed by atoms with E-state index in [-0.39, 0.29) is 11.9 Å². The maximum Gasteiger partial charge on any atom is 0.341 e. The van der Waals surface area contributed by atoms with E-state index in [2.05, 4.69) is 10.6 Å². The first-order valence-electron chi connectivity index (χ1n) is 10.0. The van der Waals surface area contributed by atoms with Crippen molar-refractivity contribution in [3.8, 4) is 5.00 Å². The lowest BCUT2D eigenvalue weighted by molar-refractivity contribution is -0.119. The molecule has 1 fully saturated rings. The number of hydrogen-bond acceptors (Lipinski definition) is 5.